The maximum Gasteiger partial charge on any atom is 0.309 e. The van der Waals surface area contributed by atoms with Gasteiger partial charge in [0, 0.05) is 6.61 Å². The van der Waals surface area contributed by atoms with Crippen LogP contribution in [0.1, 0.15) is 136 Å². The minimum absolute atomic E-state index is 0.115. The van der Waals surface area contributed by atoms with Crippen molar-refractivity contribution in [1.82, 2.24) is 4.90 Å². The fraction of sp³-hybridized carbons (Fsp3) is 0.966. The maximum atomic E-state index is 13.2. The molecule has 1 atom stereocenters. The zero-order valence-corrected chi connectivity index (χ0v) is 22.1. The van der Waals surface area contributed by atoms with Gasteiger partial charge in [-0.2, -0.15) is 0 Å². The second-order valence-corrected chi connectivity index (χ2v) is 11.2. The SMILES string of the molecule is CCCCCCCC(CCCCCCC)C(=O)OC1CCC2(CCN(CCCCO)CC2)C1. The number of piperidine rings is 1. The second kappa shape index (κ2) is 16.9. The lowest BCUT2D eigenvalue weighted by atomic mass is 9.77. The first kappa shape index (κ1) is 28.6. The molecule has 0 radical (unpaired) electrons. The van der Waals surface area contributed by atoms with Crippen LogP contribution < -0.4 is 0 Å². The molecular formula is C29H55NO3. The van der Waals surface area contributed by atoms with Crippen molar-refractivity contribution in [1.29, 1.82) is 0 Å². The van der Waals surface area contributed by atoms with Gasteiger partial charge in [-0.3, -0.25) is 4.79 Å². The first-order chi connectivity index (χ1) is 16.1. The molecule has 1 spiro atoms. The van der Waals surface area contributed by atoms with Crippen molar-refractivity contribution < 1.29 is 14.6 Å². The summed E-state index contributed by atoms with van der Waals surface area (Å²) in [6.07, 6.45) is 22.7. The number of aliphatic hydroxyl groups is 1. The molecule has 0 bridgehead atoms. The molecule has 0 aromatic heterocycles. The van der Waals surface area contributed by atoms with Crippen molar-refractivity contribution >= 4 is 5.97 Å². The third-order valence-electron chi connectivity index (χ3n) is 8.38. The number of carbonyl (C=O) groups is 1. The van der Waals surface area contributed by atoms with Crippen molar-refractivity contribution in [3.05, 3.63) is 0 Å². The van der Waals surface area contributed by atoms with E-state index in [0.29, 0.717) is 12.0 Å². The molecule has 1 saturated carbocycles. The normalized spacial score (nSPS) is 20.7. The Kier molecular flexibility index (Phi) is 14.7. The molecule has 2 fully saturated rings. The van der Waals surface area contributed by atoms with Gasteiger partial charge in [0.1, 0.15) is 6.10 Å². The van der Waals surface area contributed by atoms with Gasteiger partial charge >= 0.3 is 5.97 Å². The van der Waals surface area contributed by atoms with E-state index in [-0.39, 0.29) is 18.0 Å². The zero-order valence-electron chi connectivity index (χ0n) is 22.1. The Morgan fingerprint density at radius 1 is 0.879 bits per heavy atom. The van der Waals surface area contributed by atoms with Crippen molar-refractivity contribution in [3.8, 4) is 0 Å². The van der Waals surface area contributed by atoms with Gasteiger partial charge in [0.2, 0.25) is 0 Å². The Labute approximate surface area is 205 Å². The van der Waals surface area contributed by atoms with Crippen LogP contribution in [-0.4, -0.2) is 48.3 Å². The Balaban J connectivity index is 1.75. The smallest absolute Gasteiger partial charge is 0.309 e. The number of nitrogens with zero attached hydrogens (tertiary/aromatic N) is 1. The maximum absolute atomic E-state index is 13.2. The topological polar surface area (TPSA) is 49.8 Å². The first-order valence-corrected chi connectivity index (χ1v) is 14.7. The Bertz CT molecular complexity index is 487. The van der Waals surface area contributed by atoms with E-state index in [9.17, 15) is 4.79 Å². The summed E-state index contributed by atoms with van der Waals surface area (Å²) >= 11 is 0. The van der Waals surface area contributed by atoms with Crippen LogP contribution in [0.5, 0.6) is 0 Å². The highest BCUT2D eigenvalue weighted by atomic mass is 16.5. The summed E-state index contributed by atoms with van der Waals surface area (Å²) < 4.78 is 6.18. The van der Waals surface area contributed by atoms with Gasteiger partial charge in [0.05, 0.1) is 5.92 Å². The third kappa shape index (κ3) is 11.1. The molecule has 0 amide bonds. The summed E-state index contributed by atoms with van der Waals surface area (Å²) in [6.45, 7) is 8.28. The van der Waals surface area contributed by atoms with E-state index in [1.54, 1.807) is 0 Å². The van der Waals surface area contributed by atoms with E-state index in [4.69, 9.17) is 9.84 Å². The molecule has 2 aliphatic rings. The lowest BCUT2D eigenvalue weighted by Crippen LogP contribution is -2.39. The molecule has 4 heteroatoms. The number of rotatable bonds is 18. The average molecular weight is 466 g/mol. The van der Waals surface area contributed by atoms with Crippen LogP contribution >= 0.6 is 0 Å². The van der Waals surface area contributed by atoms with Crippen molar-refractivity contribution in [2.24, 2.45) is 11.3 Å². The summed E-state index contributed by atoms with van der Waals surface area (Å²) in [5, 5.41) is 9.01. The van der Waals surface area contributed by atoms with E-state index in [2.05, 4.69) is 18.7 Å². The van der Waals surface area contributed by atoms with Crippen LogP contribution in [-0.2, 0) is 9.53 Å². The van der Waals surface area contributed by atoms with Crippen LogP contribution in [0.3, 0.4) is 0 Å². The Morgan fingerprint density at radius 2 is 1.48 bits per heavy atom. The molecular weight excluding hydrogens is 410 g/mol. The quantitative estimate of drug-likeness (QED) is 0.171. The van der Waals surface area contributed by atoms with Gasteiger partial charge in [-0.25, -0.2) is 0 Å². The molecule has 4 nitrogen and oxygen atoms in total. The number of unbranched alkanes of at least 4 members (excludes halogenated alkanes) is 9. The van der Waals surface area contributed by atoms with Gasteiger partial charge in [-0.05, 0) is 82.8 Å². The first-order valence-electron chi connectivity index (χ1n) is 14.7. The van der Waals surface area contributed by atoms with Crippen LogP contribution in [0.15, 0.2) is 0 Å². The summed E-state index contributed by atoms with van der Waals surface area (Å²) in [6, 6.07) is 0. The number of hydrogen-bond acceptors (Lipinski definition) is 4. The van der Waals surface area contributed by atoms with E-state index >= 15 is 0 Å². The Hall–Kier alpha value is -0.610. The lowest BCUT2D eigenvalue weighted by Gasteiger charge is -2.39. The molecule has 0 aromatic carbocycles. The van der Waals surface area contributed by atoms with Crippen molar-refractivity contribution in [2.75, 3.05) is 26.2 Å². The minimum atomic E-state index is 0.115. The lowest BCUT2D eigenvalue weighted by molar-refractivity contribution is -0.154. The van der Waals surface area contributed by atoms with E-state index in [0.717, 1.165) is 45.1 Å². The van der Waals surface area contributed by atoms with E-state index < -0.39 is 0 Å². The number of aliphatic hydroxyl groups excluding tert-OH is 1. The van der Waals surface area contributed by atoms with Gasteiger partial charge in [0.25, 0.3) is 0 Å². The van der Waals surface area contributed by atoms with E-state index in [1.165, 1.54) is 96.6 Å². The van der Waals surface area contributed by atoms with Crippen LogP contribution in [0.25, 0.3) is 0 Å². The number of carbonyl (C=O) groups excluding carboxylic acids is 1. The highest BCUT2D eigenvalue weighted by molar-refractivity contribution is 5.72. The Morgan fingerprint density at radius 3 is 2.06 bits per heavy atom. The van der Waals surface area contributed by atoms with Gasteiger partial charge < -0.3 is 14.7 Å². The van der Waals surface area contributed by atoms with E-state index in [1.807, 2.05) is 0 Å². The number of hydrogen-bond donors (Lipinski definition) is 1. The van der Waals surface area contributed by atoms with Crippen LogP contribution in [0.4, 0.5) is 0 Å². The number of likely N-dealkylation sites (tertiary alicyclic amines) is 1. The molecule has 1 unspecified atom stereocenters. The fourth-order valence-electron chi connectivity index (χ4n) is 6.04. The molecule has 194 valence electrons. The van der Waals surface area contributed by atoms with Crippen molar-refractivity contribution in [3.63, 3.8) is 0 Å². The van der Waals surface area contributed by atoms with Gasteiger partial charge in [-0.1, -0.05) is 78.1 Å². The van der Waals surface area contributed by atoms with Crippen LogP contribution in [0, 0.1) is 11.3 Å². The zero-order chi connectivity index (χ0) is 23.8. The summed E-state index contributed by atoms with van der Waals surface area (Å²) in [5.74, 6) is 0.239. The highest BCUT2D eigenvalue weighted by Gasteiger charge is 2.43. The predicted octanol–water partition coefficient (Wildman–Crippen LogP) is 7.27. The summed E-state index contributed by atoms with van der Waals surface area (Å²) in [4.78, 5) is 15.7. The third-order valence-corrected chi connectivity index (χ3v) is 8.38. The molecule has 1 saturated heterocycles. The summed E-state index contributed by atoms with van der Waals surface area (Å²) in [7, 11) is 0. The predicted molar refractivity (Wildman–Crippen MR) is 138 cm³/mol. The minimum Gasteiger partial charge on any atom is -0.462 e. The molecule has 1 N–H and O–H groups in total. The van der Waals surface area contributed by atoms with Gasteiger partial charge in [-0.15, -0.1) is 0 Å². The molecule has 33 heavy (non-hydrogen) atoms. The van der Waals surface area contributed by atoms with Crippen LogP contribution in [0.2, 0.25) is 0 Å². The second-order valence-electron chi connectivity index (χ2n) is 11.2. The molecule has 1 heterocycles. The average Bonchev–Trinajstić information content (AvgIpc) is 3.20. The number of ether oxygens (including phenoxy) is 1. The van der Waals surface area contributed by atoms with Crippen molar-refractivity contribution in [2.45, 2.75) is 142 Å². The number of esters is 1. The summed E-state index contributed by atoms with van der Waals surface area (Å²) in [5.41, 5.74) is 0.411. The highest BCUT2D eigenvalue weighted by Crippen LogP contribution is 2.47. The molecule has 1 aliphatic carbocycles. The monoisotopic (exact) mass is 465 g/mol. The fourth-order valence-corrected chi connectivity index (χ4v) is 6.04. The van der Waals surface area contributed by atoms with Gasteiger partial charge in [0.15, 0.2) is 0 Å². The largest absolute Gasteiger partial charge is 0.462 e. The molecule has 2 rings (SSSR count). The standard InChI is InChI=1S/C29H55NO3/c1-3-5-7-9-11-15-26(16-12-10-8-6-4-2)28(32)33-27-17-18-29(25-27)19-22-30(23-20-29)21-13-14-24-31/h26-27,31H,3-25H2,1-2H3. The molecule has 1 aliphatic heterocycles. The molecule has 0 aromatic rings.